The standard InChI is InChI=1S/C17H24FN3O2S.HI/c1-19-16(20-10-13-6-9-24(22,23)11-13)21-12-17(7-8-17)14-4-2-3-5-15(14)18;/h2-5,13H,6-12H2,1H3,(H2,19,20,21);1H. The van der Waals surface area contributed by atoms with Crippen molar-refractivity contribution in [1.82, 2.24) is 10.6 Å². The van der Waals surface area contributed by atoms with Gasteiger partial charge in [-0.05, 0) is 36.8 Å². The van der Waals surface area contributed by atoms with Crippen molar-refractivity contribution in [3.05, 3.63) is 35.6 Å². The molecule has 1 atom stereocenters. The predicted molar refractivity (Wildman–Crippen MR) is 109 cm³/mol. The van der Waals surface area contributed by atoms with Gasteiger partial charge in [0.2, 0.25) is 0 Å². The minimum atomic E-state index is -2.86. The largest absolute Gasteiger partial charge is 0.356 e. The Kier molecular flexibility index (Phi) is 6.69. The fourth-order valence-electron chi connectivity index (χ4n) is 3.33. The highest BCUT2D eigenvalue weighted by Crippen LogP contribution is 2.48. The number of nitrogens with one attached hydrogen (secondary N) is 2. The van der Waals surface area contributed by atoms with Crippen LogP contribution in [0.4, 0.5) is 4.39 Å². The van der Waals surface area contributed by atoms with Crippen LogP contribution in [0.5, 0.6) is 0 Å². The van der Waals surface area contributed by atoms with Gasteiger partial charge in [0.1, 0.15) is 5.82 Å². The lowest BCUT2D eigenvalue weighted by Crippen LogP contribution is -2.43. The second kappa shape index (κ2) is 8.20. The van der Waals surface area contributed by atoms with E-state index in [1.54, 1.807) is 13.1 Å². The van der Waals surface area contributed by atoms with E-state index in [2.05, 4.69) is 15.6 Å². The molecule has 1 saturated heterocycles. The maximum atomic E-state index is 14.0. The van der Waals surface area contributed by atoms with E-state index < -0.39 is 9.84 Å². The molecule has 0 spiro atoms. The van der Waals surface area contributed by atoms with Gasteiger partial charge in [-0.25, -0.2) is 12.8 Å². The van der Waals surface area contributed by atoms with Crippen LogP contribution in [-0.4, -0.2) is 46.0 Å². The maximum Gasteiger partial charge on any atom is 0.191 e. The minimum Gasteiger partial charge on any atom is -0.356 e. The lowest BCUT2D eigenvalue weighted by molar-refractivity contribution is 0.548. The second-order valence-electron chi connectivity index (χ2n) is 6.84. The third kappa shape index (κ3) is 5.06. The van der Waals surface area contributed by atoms with Crippen molar-refractivity contribution in [1.29, 1.82) is 0 Å². The highest BCUT2D eigenvalue weighted by molar-refractivity contribution is 14.0. The molecule has 2 N–H and O–H groups in total. The Balaban J connectivity index is 0.00000225. The molecule has 1 heterocycles. The Morgan fingerprint density at radius 2 is 2.04 bits per heavy atom. The molecule has 25 heavy (non-hydrogen) atoms. The number of halogens is 2. The van der Waals surface area contributed by atoms with Crippen molar-refractivity contribution < 1.29 is 12.8 Å². The number of guanidine groups is 1. The van der Waals surface area contributed by atoms with Crippen LogP contribution in [-0.2, 0) is 15.3 Å². The number of hydrogen-bond donors (Lipinski definition) is 2. The van der Waals surface area contributed by atoms with E-state index in [1.165, 1.54) is 6.07 Å². The van der Waals surface area contributed by atoms with Crippen LogP contribution < -0.4 is 10.6 Å². The normalized spacial score (nSPS) is 23.6. The van der Waals surface area contributed by atoms with Crippen LogP contribution in [0.1, 0.15) is 24.8 Å². The van der Waals surface area contributed by atoms with Gasteiger partial charge in [0.25, 0.3) is 0 Å². The molecule has 0 amide bonds. The lowest BCUT2D eigenvalue weighted by atomic mass is 9.95. The van der Waals surface area contributed by atoms with Gasteiger partial charge in [-0.3, -0.25) is 4.99 Å². The quantitative estimate of drug-likeness (QED) is 0.384. The van der Waals surface area contributed by atoms with E-state index in [0.717, 1.165) is 18.4 Å². The van der Waals surface area contributed by atoms with Crippen LogP contribution in [0.15, 0.2) is 29.3 Å². The number of rotatable bonds is 5. The van der Waals surface area contributed by atoms with E-state index in [-0.39, 0.29) is 52.6 Å². The zero-order valence-electron chi connectivity index (χ0n) is 14.3. The summed E-state index contributed by atoms with van der Waals surface area (Å²) < 4.78 is 37.0. The fraction of sp³-hybridized carbons (Fsp3) is 0.588. The van der Waals surface area contributed by atoms with Gasteiger partial charge in [-0.1, -0.05) is 18.2 Å². The van der Waals surface area contributed by atoms with Gasteiger partial charge in [-0.2, -0.15) is 0 Å². The van der Waals surface area contributed by atoms with Gasteiger partial charge in [0.05, 0.1) is 11.5 Å². The first-order valence-electron chi connectivity index (χ1n) is 8.34. The smallest absolute Gasteiger partial charge is 0.191 e. The van der Waals surface area contributed by atoms with Crippen molar-refractivity contribution in [2.75, 3.05) is 31.6 Å². The molecular weight excluding hydrogens is 456 g/mol. The molecule has 1 unspecified atom stereocenters. The van der Waals surface area contributed by atoms with Crippen LogP contribution in [0.25, 0.3) is 0 Å². The number of aliphatic imine (C=N–C) groups is 1. The molecule has 1 saturated carbocycles. The second-order valence-corrected chi connectivity index (χ2v) is 9.06. The Bertz CT molecular complexity index is 735. The first-order chi connectivity index (χ1) is 11.4. The molecule has 1 aromatic carbocycles. The van der Waals surface area contributed by atoms with E-state index in [9.17, 15) is 12.8 Å². The van der Waals surface area contributed by atoms with Gasteiger partial charge in [0, 0.05) is 25.6 Å². The first-order valence-corrected chi connectivity index (χ1v) is 10.2. The van der Waals surface area contributed by atoms with Gasteiger partial charge in [0.15, 0.2) is 15.8 Å². The Morgan fingerprint density at radius 3 is 2.60 bits per heavy atom. The van der Waals surface area contributed by atoms with E-state index in [0.29, 0.717) is 25.5 Å². The van der Waals surface area contributed by atoms with Gasteiger partial charge >= 0.3 is 0 Å². The Hall–Kier alpha value is -0.900. The fourth-order valence-corrected chi connectivity index (χ4v) is 5.19. The van der Waals surface area contributed by atoms with E-state index in [4.69, 9.17) is 0 Å². The molecular formula is C17H25FIN3O2S. The van der Waals surface area contributed by atoms with E-state index in [1.807, 2.05) is 12.1 Å². The summed E-state index contributed by atoms with van der Waals surface area (Å²) in [7, 11) is -1.17. The number of hydrogen-bond acceptors (Lipinski definition) is 3. The molecule has 0 bridgehead atoms. The molecule has 2 aliphatic rings. The van der Waals surface area contributed by atoms with Gasteiger partial charge < -0.3 is 10.6 Å². The van der Waals surface area contributed by atoms with Crippen molar-refractivity contribution in [3.63, 3.8) is 0 Å². The summed E-state index contributed by atoms with van der Waals surface area (Å²) in [5.74, 6) is 1.14. The number of sulfone groups is 1. The monoisotopic (exact) mass is 481 g/mol. The number of benzene rings is 1. The molecule has 1 aliphatic heterocycles. The molecule has 0 radical (unpaired) electrons. The molecule has 1 aliphatic carbocycles. The molecule has 1 aromatic rings. The molecule has 3 rings (SSSR count). The van der Waals surface area contributed by atoms with Crippen LogP contribution in [0.3, 0.4) is 0 Å². The summed E-state index contributed by atoms with van der Waals surface area (Å²) in [4.78, 5) is 4.18. The van der Waals surface area contributed by atoms with Gasteiger partial charge in [-0.15, -0.1) is 24.0 Å². The topological polar surface area (TPSA) is 70.6 Å². The third-order valence-electron chi connectivity index (χ3n) is 5.00. The maximum absolute atomic E-state index is 14.0. The number of nitrogens with zero attached hydrogens (tertiary/aromatic N) is 1. The predicted octanol–water partition coefficient (Wildman–Crippen LogP) is 2.08. The van der Waals surface area contributed by atoms with Crippen molar-refractivity contribution in [3.8, 4) is 0 Å². The lowest BCUT2D eigenvalue weighted by Gasteiger charge is -2.20. The average molecular weight is 481 g/mol. The highest BCUT2D eigenvalue weighted by Gasteiger charge is 2.45. The zero-order chi connectivity index (χ0) is 17.2. The van der Waals surface area contributed by atoms with Crippen LogP contribution in [0, 0.1) is 11.7 Å². The van der Waals surface area contributed by atoms with Crippen molar-refractivity contribution in [2.24, 2.45) is 10.9 Å². The third-order valence-corrected chi connectivity index (χ3v) is 6.84. The Morgan fingerprint density at radius 1 is 1.32 bits per heavy atom. The SMILES string of the molecule is CN=C(NCC1CCS(=O)(=O)C1)NCC1(c2ccccc2F)CC1.I. The van der Waals surface area contributed by atoms with E-state index >= 15 is 0 Å². The summed E-state index contributed by atoms with van der Waals surface area (Å²) in [5, 5.41) is 6.46. The van der Waals surface area contributed by atoms with Crippen molar-refractivity contribution in [2.45, 2.75) is 24.7 Å². The van der Waals surface area contributed by atoms with Crippen LogP contribution >= 0.6 is 24.0 Å². The minimum absolute atomic E-state index is 0. The molecule has 2 fully saturated rings. The van der Waals surface area contributed by atoms with Crippen molar-refractivity contribution >= 4 is 39.8 Å². The average Bonchev–Trinajstić information content (AvgIpc) is 3.25. The summed E-state index contributed by atoms with van der Waals surface area (Å²) in [6, 6.07) is 6.93. The summed E-state index contributed by atoms with van der Waals surface area (Å²) in [5.41, 5.74) is 0.606. The highest BCUT2D eigenvalue weighted by atomic mass is 127. The zero-order valence-corrected chi connectivity index (χ0v) is 17.4. The Labute approximate surface area is 165 Å². The molecule has 8 heteroatoms. The first kappa shape index (κ1) is 20.4. The molecule has 0 aromatic heterocycles. The summed E-state index contributed by atoms with van der Waals surface area (Å²) in [6.07, 6.45) is 2.61. The molecule has 140 valence electrons. The van der Waals surface area contributed by atoms with Crippen LogP contribution in [0.2, 0.25) is 0 Å². The summed E-state index contributed by atoms with van der Waals surface area (Å²) in [6.45, 7) is 1.21. The molecule has 5 nitrogen and oxygen atoms in total. The summed E-state index contributed by atoms with van der Waals surface area (Å²) >= 11 is 0.